The molecular formula is C23H31N3O3. The zero-order valence-corrected chi connectivity index (χ0v) is 17.2. The first-order chi connectivity index (χ1) is 14.0. The van der Waals surface area contributed by atoms with E-state index < -0.39 is 11.6 Å². The number of carbonyl (C=O) groups is 3. The summed E-state index contributed by atoms with van der Waals surface area (Å²) < 4.78 is 0. The van der Waals surface area contributed by atoms with Gasteiger partial charge >= 0.3 is 6.03 Å². The molecule has 0 unspecified atom stereocenters. The van der Waals surface area contributed by atoms with E-state index in [0.29, 0.717) is 31.2 Å². The van der Waals surface area contributed by atoms with Crippen LogP contribution in [-0.2, 0) is 22.4 Å². The van der Waals surface area contributed by atoms with E-state index in [9.17, 15) is 14.4 Å². The third kappa shape index (κ3) is 4.02. The predicted octanol–water partition coefficient (Wildman–Crippen LogP) is 2.80. The van der Waals surface area contributed by atoms with E-state index in [1.807, 2.05) is 0 Å². The molecule has 1 spiro atoms. The molecular weight excluding hydrogens is 366 g/mol. The molecule has 6 nitrogen and oxygen atoms in total. The lowest BCUT2D eigenvalue weighted by atomic mass is 9.75. The van der Waals surface area contributed by atoms with Crippen LogP contribution >= 0.6 is 0 Å². The summed E-state index contributed by atoms with van der Waals surface area (Å²) in [6, 6.07) is 8.07. The Morgan fingerprint density at radius 2 is 1.79 bits per heavy atom. The molecule has 1 aromatic carbocycles. The highest BCUT2D eigenvalue weighted by molar-refractivity contribution is 6.09. The first kappa shape index (κ1) is 19.9. The van der Waals surface area contributed by atoms with E-state index in [1.54, 1.807) is 0 Å². The average Bonchev–Trinajstić information content (AvgIpc) is 3.23. The van der Waals surface area contributed by atoms with Gasteiger partial charge in [0.2, 0.25) is 5.91 Å². The topological polar surface area (TPSA) is 78.5 Å². The van der Waals surface area contributed by atoms with Crippen LogP contribution in [0.3, 0.4) is 0 Å². The van der Waals surface area contributed by atoms with E-state index in [-0.39, 0.29) is 18.4 Å². The first-order valence-electron chi connectivity index (χ1n) is 11.0. The van der Waals surface area contributed by atoms with Gasteiger partial charge in [-0.3, -0.25) is 14.5 Å². The number of hydrogen-bond acceptors (Lipinski definition) is 3. The minimum Gasteiger partial charge on any atom is -0.355 e. The molecule has 4 rings (SSSR count). The summed E-state index contributed by atoms with van der Waals surface area (Å²) in [6.45, 7) is 2.55. The highest BCUT2D eigenvalue weighted by atomic mass is 16.2. The molecule has 2 fully saturated rings. The van der Waals surface area contributed by atoms with Gasteiger partial charge in [-0.15, -0.1) is 0 Å². The summed E-state index contributed by atoms with van der Waals surface area (Å²) in [6.07, 6.45) is 7.38. The van der Waals surface area contributed by atoms with E-state index in [2.05, 4.69) is 41.8 Å². The maximum Gasteiger partial charge on any atom is 0.325 e. The predicted molar refractivity (Wildman–Crippen MR) is 110 cm³/mol. The second-order valence-corrected chi connectivity index (χ2v) is 8.94. The van der Waals surface area contributed by atoms with Crippen molar-refractivity contribution in [2.75, 3.05) is 13.1 Å². The van der Waals surface area contributed by atoms with Crippen molar-refractivity contribution < 1.29 is 14.4 Å². The molecule has 2 N–H and O–H groups in total. The van der Waals surface area contributed by atoms with E-state index in [1.165, 1.54) is 11.1 Å². The molecule has 0 bridgehead atoms. The third-order valence-electron chi connectivity index (χ3n) is 7.09. The maximum absolute atomic E-state index is 12.9. The number of urea groups is 1. The molecule has 4 amide bonds. The van der Waals surface area contributed by atoms with Gasteiger partial charge < -0.3 is 10.6 Å². The Morgan fingerprint density at radius 1 is 1.14 bits per heavy atom. The Bertz CT molecular complexity index is 773. The molecule has 156 valence electrons. The van der Waals surface area contributed by atoms with Crippen LogP contribution in [0.15, 0.2) is 24.3 Å². The van der Waals surface area contributed by atoms with Crippen LogP contribution in [0.25, 0.3) is 0 Å². The Kier molecular flexibility index (Phi) is 5.61. The van der Waals surface area contributed by atoms with Crippen LogP contribution in [0.2, 0.25) is 0 Å². The van der Waals surface area contributed by atoms with Gasteiger partial charge in [0.05, 0.1) is 0 Å². The second-order valence-electron chi connectivity index (χ2n) is 8.94. The molecule has 2 aliphatic carbocycles. The molecule has 0 aromatic heterocycles. The lowest BCUT2D eigenvalue weighted by molar-refractivity contribution is -0.136. The molecule has 0 radical (unpaired) electrons. The number of nitrogens with zero attached hydrogens (tertiary/aromatic N) is 1. The number of rotatable bonds is 6. The highest BCUT2D eigenvalue weighted by Crippen LogP contribution is 2.37. The number of imide groups is 1. The maximum atomic E-state index is 12.9. The van der Waals surface area contributed by atoms with Gasteiger partial charge in [-0.05, 0) is 67.9 Å². The molecule has 29 heavy (non-hydrogen) atoms. The molecule has 1 aromatic rings. The largest absolute Gasteiger partial charge is 0.355 e. The van der Waals surface area contributed by atoms with Crippen LogP contribution in [0.5, 0.6) is 0 Å². The lowest BCUT2D eigenvalue weighted by Crippen LogP contribution is -2.50. The minimum atomic E-state index is -0.779. The van der Waals surface area contributed by atoms with Crippen LogP contribution in [0, 0.1) is 11.8 Å². The van der Waals surface area contributed by atoms with Crippen molar-refractivity contribution in [3.05, 3.63) is 35.4 Å². The van der Waals surface area contributed by atoms with Crippen molar-refractivity contribution in [3.8, 4) is 0 Å². The fourth-order valence-electron chi connectivity index (χ4n) is 5.21. The van der Waals surface area contributed by atoms with Crippen molar-refractivity contribution in [2.24, 2.45) is 11.8 Å². The molecule has 1 aliphatic heterocycles. The molecule has 1 heterocycles. The second kappa shape index (κ2) is 8.17. The Labute approximate surface area is 172 Å². The SMILES string of the molecule is CCC1CCC2(CC1)NC(=O)N(CC(=O)NCCC1Cc3ccccc3C1)C2=O. The number of fused-ring (bicyclic) bond motifs is 1. The normalized spacial score (nSPS) is 26.7. The smallest absolute Gasteiger partial charge is 0.325 e. The highest BCUT2D eigenvalue weighted by Gasteiger charge is 2.52. The standard InChI is InChI=1S/C23H31N3O3/c1-2-16-7-10-23(11-8-16)21(28)26(22(29)25-23)15-20(27)24-12-9-17-13-18-5-3-4-6-19(18)14-17/h3-6,16-17H,2,7-15H2,1H3,(H,24,27)(H,25,29). The minimum absolute atomic E-state index is 0.186. The van der Waals surface area contributed by atoms with Crippen molar-refractivity contribution >= 4 is 17.8 Å². The molecule has 6 heteroatoms. The summed E-state index contributed by atoms with van der Waals surface area (Å²) in [5.41, 5.74) is 2.04. The van der Waals surface area contributed by atoms with Gasteiger partial charge in [-0.1, -0.05) is 37.6 Å². The fraction of sp³-hybridized carbons (Fsp3) is 0.609. The van der Waals surface area contributed by atoms with Gasteiger partial charge in [0, 0.05) is 6.54 Å². The quantitative estimate of drug-likeness (QED) is 0.725. The summed E-state index contributed by atoms with van der Waals surface area (Å²) in [5, 5.41) is 5.79. The molecule has 1 saturated carbocycles. The number of nitrogens with one attached hydrogen (secondary N) is 2. The van der Waals surface area contributed by atoms with Crippen LogP contribution < -0.4 is 10.6 Å². The van der Waals surface area contributed by atoms with Crippen molar-refractivity contribution in [3.63, 3.8) is 0 Å². The number of carbonyl (C=O) groups excluding carboxylic acids is 3. The van der Waals surface area contributed by atoms with Crippen molar-refractivity contribution in [1.29, 1.82) is 0 Å². The third-order valence-corrected chi connectivity index (χ3v) is 7.09. The van der Waals surface area contributed by atoms with Gasteiger partial charge in [0.1, 0.15) is 12.1 Å². The van der Waals surface area contributed by atoms with Gasteiger partial charge in [0.15, 0.2) is 0 Å². The van der Waals surface area contributed by atoms with E-state index in [0.717, 1.165) is 43.4 Å². The van der Waals surface area contributed by atoms with E-state index >= 15 is 0 Å². The number of hydrogen-bond donors (Lipinski definition) is 2. The van der Waals surface area contributed by atoms with Gasteiger partial charge in [-0.2, -0.15) is 0 Å². The van der Waals surface area contributed by atoms with Gasteiger partial charge in [0.25, 0.3) is 5.91 Å². The fourth-order valence-corrected chi connectivity index (χ4v) is 5.21. The van der Waals surface area contributed by atoms with Crippen LogP contribution in [0.4, 0.5) is 4.79 Å². The summed E-state index contributed by atoms with van der Waals surface area (Å²) in [5.74, 6) is 0.688. The molecule has 3 aliphatic rings. The summed E-state index contributed by atoms with van der Waals surface area (Å²) in [4.78, 5) is 38.7. The Morgan fingerprint density at radius 3 is 2.41 bits per heavy atom. The van der Waals surface area contributed by atoms with Crippen LogP contribution in [0.1, 0.15) is 56.6 Å². The lowest BCUT2D eigenvalue weighted by Gasteiger charge is -2.34. The van der Waals surface area contributed by atoms with Gasteiger partial charge in [-0.25, -0.2) is 4.79 Å². The monoisotopic (exact) mass is 397 g/mol. The summed E-state index contributed by atoms with van der Waals surface area (Å²) in [7, 11) is 0. The summed E-state index contributed by atoms with van der Waals surface area (Å²) >= 11 is 0. The van der Waals surface area contributed by atoms with Crippen LogP contribution in [-0.4, -0.2) is 41.4 Å². The first-order valence-corrected chi connectivity index (χ1v) is 11.0. The molecule has 1 saturated heterocycles. The van der Waals surface area contributed by atoms with E-state index in [4.69, 9.17) is 0 Å². The van der Waals surface area contributed by atoms with Crippen molar-refractivity contribution in [2.45, 2.75) is 63.8 Å². The number of benzene rings is 1. The Hall–Kier alpha value is -2.37. The zero-order valence-electron chi connectivity index (χ0n) is 17.2. The Balaban J connectivity index is 1.24. The zero-order chi connectivity index (χ0) is 20.4. The molecule has 0 atom stereocenters. The average molecular weight is 398 g/mol. The van der Waals surface area contributed by atoms with Crippen molar-refractivity contribution in [1.82, 2.24) is 15.5 Å². The number of amides is 4.